The molecule has 1 heterocycles. The fourth-order valence-corrected chi connectivity index (χ4v) is 13.5. The number of nitrogens with zero attached hydrogens (tertiary/aromatic N) is 1. The highest BCUT2D eigenvalue weighted by Gasteiger charge is 2.65. The Hall–Kier alpha value is -1.63. The van der Waals surface area contributed by atoms with Crippen LogP contribution < -0.4 is 5.32 Å². The number of ether oxygens (including phenoxy) is 1. The van der Waals surface area contributed by atoms with Crippen molar-refractivity contribution in [3.05, 3.63) is 0 Å². The molecule has 7 nitrogen and oxygen atoms in total. The normalized spacial score (nSPS) is 47.8. The molecule has 13 atom stereocenters. The van der Waals surface area contributed by atoms with Gasteiger partial charge >= 0.3 is 11.9 Å². The van der Waals surface area contributed by atoms with Gasteiger partial charge in [-0.25, -0.2) is 0 Å². The topological polar surface area (TPSA) is 95.9 Å². The number of hydrogen-bond acceptors (Lipinski definition) is 5. The van der Waals surface area contributed by atoms with Crippen LogP contribution in [0.1, 0.15) is 137 Å². The Labute approximate surface area is 290 Å². The minimum Gasteiger partial charge on any atom is -0.481 e. The number of esters is 1. The fraction of sp³-hybridized carbons (Fsp3) is 0.927. The first-order chi connectivity index (χ1) is 22.9. The van der Waals surface area contributed by atoms with Crippen LogP contribution in [0, 0.1) is 70.0 Å². The predicted molar refractivity (Wildman–Crippen MR) is 187 cm³/mol. The number of hydrogen-bond donors (Lipinski definition) is 2. The molecule has 7 heteroatoms. The average Bonchev–Trinajstić information content (AvgIpc) is 3.52. The summed E-state index contributed by atoms with van der Waals surface area (Å²) in [6.45, 7) is 14.5. The molecule has 1 saturated heterocycles. The molecular weight excluding hydrogens is 600 g/mol. The summed E-state index contributed by atoms with van der Waals surface area (Å²) in [6, 6.07) is 0. The monoisotopic (exact) mass is 666 g/mol. The minimum atomic E-state index is -0.786. The second kappa shape index (κ2) is 13.2. The van der Waals surface area contributed by atoms with Gasteiger partial charge in [-0.2, -0.15) is 0 Å². The Morgan fingerprint density at radius 3 is 2.21 bits per heavy atom. The number of amides is 1. The van der Waals surface area contributed by atoms with E-state index in [0.717, 1.165) is 74.9 Å². The molecule has 0 bridgehead atoms. The lowest BCUT2D eigenvalue weighted by atomic mass is 9.38. The first-order valence-electron chi connectivity index (χ1n) is 20.3. The molecule has 2 N–H and O–H groups in total. The van der Waals surface area contributed by atoms with Gasteiger partial charge in [-0.1, -0.05) is 53.9 Å². The van der Waals surface area contributed by atoms with E-state index in [4.69, 9.17) is 4.74 Å². The van der Waals surface area contributed by atoms with Crippen LogP contribution in [0.5, 0.6) is 0 Å². The van der Waals surface area contributed by atoms with Crippen molar-refractivity contribution in [2.45, 2.75) is 149 Å². The van der Waals surface area contributed by atoms with Gasteiger partial charge in [-0.05, 0) is 135 Å². The van der Waals surface area contributed by atoms with E-state index in [-0.39, 0.29) is 29.4 Å². The summed E-state index contributed by atoms with van der Waals surface area (Å²) in [5.41, 5.74) is 0.970. The van der Waals surface area contributed by atoms with Crippen LogP contribution in [0.3, 0.4) is 0 Å². The summed E-state index contributed by atoms with van der Waals surface area (Å²) in [7, 11) is 0. The van der Waals surface area contributed by atoms with Crippen molar-refractivity contribution in [2.24, 2.45) is 70.0 Å². The van der Waals surface area contributed by atoms with Crippen LogP contribution in [0.4, 0.5) is 0 Å². The molecule has 8 rings (SSSR count). The minimum absolute atomic E-state index is 0.0342. The van der Waals surface area contributed by atoms with Crippen molar-refractivity contribution in [1.82, 2.24) is 10.2 Å². The lowest BCUT2D eigenvalue weighted by molar-refractivity contribution is -0.203. The molecule has 48 heavy (non-hydrogen) atoms. The molecule has 0 radical (unpaired) electrons. The van der Waals surface area contributed by atoms with E-state index in [0.29, 0.717) is 35.0 Å². The standard InChI is InChI=1S/C37H58N2O5.C4H8/c1-22-25(33(41)42)21-26(22)34(43)44-30-13-16-35(3)27(23(30)2)11-15-36(4)28-12-17-37(38-18-20-39-19-6-8-32(39)40)14-5-7-29(37)24(28)9-10-31(35)36;1-4-2-3-4/h22-31,38H,5-21H2,1-4H3,(H,41,42);4H,2-3H2,1H3/t22?,23?,24?,25?,26?,27?,28?,29-,30?,31?,35?,36?,37?;/m1./s1. The number of carboxylic acids is 1. The van der Waals surface area contributed by atoms with Gasteiger partial charge < -0.3 is 20.1 Å². The van der Waals surface area contributed by atoms with Crippen molar-refractivity contribution < 1.29 is 24.2 Å². The Balaban J connectivity index is 0.000000850. The van der Waals surface area contributed by atoms with Gasteiger partial charge in [0.05, 0.1) is 11.8 Å². The molecule has 0 aromatic rings. The van der Waals surface area contributed by atoms with E-state index in [2.05, 4.69) is 37.9 Å². The quantitative estimate of drug-likeness (QED) is 0.270. The molecule has 0 aromatic heterocycles. The number of carbonyl (C=O) groups is 3. The molecule has 8 aliphatic rings. The second-order valence-corrected chi connectivity index (χ2v) is 18.9. The maximum Gasteiger partial charge on any atom is 0.309 e. The highest BCUT2D eigenvalue weighted by atomic mass is 16.5. The number of nitrogens with one attached hydrogen (secondary N) is 1. The molecule has 1 aliphatic heterocycles. The highest BCUT2D eigenvalue weighted by molar-refractivity contribution is 5.80. The second-order valence-electron chi connectivity index (χ2n) is 18.9. The third-order valence-corrected chi connectivity index (χ3v) is 16.6. The third kappa shape index (κ3) is 5.96. The van der Waals surface area contributed by atoms with E-state index in [1.165, 1.54) is 70.6 Å². The van der Waals surface area contributed by atoms with Crippen molar-refractivity contribution >= 4 is 17.8 Å². The van der Waals surface area contributed by atoms with Crippen molar-refractivity contribution in [3.8, 4) is 0 Å². The van der Waals surface area contributed by atoms with Gasteiger partial charge in [0.1, 0.15) is 6.10 Å². The van der Waals surface area contributed by atoms with Gasteiger partial charge in [0, 0.05) is 31.6 Å². The smallest absolute Gasteiger partial charge is 0.309 e. The first kappa shape index (κ1) is 34.8. The lowest BCUT2D eigenvalue weighted by Crippen LogP contribution is -2.64. The maximum absolute atomic E-state index is 13.1. The van der Waals surface area contributed by atoms with Gasteiger partial charge in [0.2, 0.25) is 5.91 Å². The SMILES string of the molecule is CC1C(C(=O)O)CC1C(=O)OC1CCC2(C)C(CCC3(C)C4CCC5(NCCN6CCCC6=O)CCC[C@@H]5C4CCC23)C1C.CC1CC1. The average molecular weight is 667 g/mol. The molecule has 270 valence electrons. The van der Waals surface area contributed by atoms with Gasteiger partial charge in [-0.15, -0.1) is 0 Å². The Morgan fingerprint density at radius 1 is 0.833 bits per heavy atom. The first-order valence-corrected chi connectivity index (χ1v) is 20.3. The van der Waals surface area contributed by atoms with Crippen LogP contribution in [0.2, 0.25) is 0 Å². The lowest BCUT2D eigenvalue weighted by Gasteiger charge is -2.68. The van der Waals surface area contributed by atoms with E-state index < -0.39 is 11.9 Å². The molecular formula is C41H66N2O5. The van der Waals surface area contributed by atoms with Crippen molar-refractivity contribution in [3.63, 3.8) is 0 Å². The number of carboxylic acid groups (broad SMARTS) is 1. The molecule has 7 aliphatic carbocycles. The van der Waals surface area contributed by atoms with Crippen LogP contribution in [-0.2, 0) is 19.1 Å². The molecule has 0 aromatic carbocycles. The highest BCUT2D eigenvalue weighted by Crippen LogP contribution is 2.70. The van der Waals surface area contributed by atoms with Gasteiger partial charge in [0.25, 0.3) is 0 Å². The summed E-state index contributed by atoms with van der Waals surface area (Å²) >= 11 is 0. The number of rotatable bonds is 7. The number of likely N-dealkylation sites (tertiary alicyclic amines) is 1. The predicted octanol–water partition coefficient (Wildman–Crippen LogP) is 7.71. The van der Waals surface area contributed by atoms with E-state index in [1.54, 1.807) is 0 Å². The summed E-state index contributed by atoms with van der Waals surface area (Å²) in [4.78, 5) is 38.8. The van der Waals surface area contributed by atoms with E-state index in [9.17, 15) is 19.5 Å². The van der Waals surface area contributed by atoms with Crippen LogP contribution in [0.25, 0.3) is 0 Å². The molecule has 7 saturated carbocycles. The zero-order valence-electron chi connectivity index (χ0n) is 30.8. The van der Waals surface area contributed by atoms with Crippen molar-refractivity contribution in [2.75, 3.05) is 19.6 Å². The molecule has 12 unspecified atom stereocenters. The zero-order chi connectivity index (χ0) is 34.0. The van der Waals surface area contributed by atoms with Gasteiger partial charge in [0.15, 0.2) is 0 Å². The summed E-state index contributed by atoms with van der Waals surface area (Å²) in [5.74, 6) is 3.78. The third-order valence-electron chi connectivity index (χ3n) is 16.6. The van der Waals surface area contributed by atoms with Crippen LogP contribution in [-0.4, -0.2) is 59.1 Å². The summed E-state index contributed by atoms with van der Waals surface area (Å²) in [5, 5.41) is 13.5. The maximum atomic E-state index is 13.1. The largest absolute Gasteiger partial charge is 0.481 e. The van der Waals surface area contributed by atoms with Crippen LogP contribution in [0.15, 0.2) is 0 Å². The Kier molecular flexibility index (Phi) is 9.55. The van der Waals surface area contributed by atoms with E-state index in [1.807, 2.05) is 6.92 Å². The summed E-state index contributed by atoms with van der Waals surface area (Å²) in [6.07, 6.45) is 19.1. The molecule has 8 fully saturated rings. The van der Waals surface area contributed by atoms with Gasteiger partial charge in [-0.3, -0.25) is 14.4 Å². The number of aliphatic carboxylic acids is 1. The zero-order valence-corrected chi connectivity index (χ0v) is 30.8. The molecule has 1 amide bonds. The summed E-state index contributed by atoms with van der Waals surface area (Å²) < 4.78 is 6.22. The Morgan fingerprint density at radius 2 is 1.54 bits per heavy atom. The van der Waals surface area contributed by atoms with Crippen molar-refractivity contribution in [1.29, 1.82) is 0 Å². The number of carbonyl (C=O) groups excluding carboxylic acids is 2. The van der Waals surface area contributed by atoms with Crippen LogP contribution >= 0.6 is 0 Å². The number of fused-ring (bicyclic) bond motifs is 7. The Bertz CT molecular complexity index is 1240. The fourth-order valence-electron chi connectivity index (χ4n) is 13.5. The van der Waals surface area contributed by atoms with E-state index >= 15 is 0 Å². The molecule has 0 spiro atoms.